The van der Waals surface area contributed by atoms with Crippen LogP contribution in [0.1, 0.15) is 28.9 Å². The summed E-state index contributed by atoms with van der Waals surface area (Å²) in [4.78, 5) is 21.7. The number of anilines is 2. The van der Waals surface area contributed by atoms with Crippen molar-refractivity contribution in [3.8, 4) is 0 Å². The average molecular weight is 312 g/mol. The van der Waals surface area contributed by atoms with Gasteiger partial charge in [-0.3, -0.25) is 4.79 Å². The molecule has 0 spiro atoms. The van der Waals surface area contributed by atoms with Gasteiger partial charge in [-0.05, 0) is 19.3 Å². The second-order valence-corrected chi connectivity index (χ2v) is 7.37. The summed E-state index contributed by atoms with van der Waals surface area (Å²) in [5.74, 6) is 2.50. The highest BCUT2D eigenvalue weighted by Gasteiger charge is 2.25. The van der Waals surface area contributed by atoms with Gasteiger partial charge in [0.15, 0.2) is 5.13 Å². The molecule has 1 aromatic rings. The number of hydrogen-bond acceptors (Lipinski definition) is 6. The Morgan fingerprint density at radius 1 is 1.10 bits per heavy atom. The summed E-state index contributed by atoms with van der Waals surface area (Å²) in [5, 5.41) is 0.914. The van der Waals surface area contributed by atoms with Gasteiger partial charge in [0.1, 0.15) is 10.7 Å². The monoisotopic (exact) mass is 312 g/mol. The van der Waals surface area contributed by atoms with Gasteiger partial charge in [0, 0.05) is 37.7 Å². The molecule has 0 unspecified atom stereocenters. The zero-order chi connectivity index (χ0) is 13.9. The van der Waals surface area contributed by atoms with E-state index in [1.165, 1.54) is 30.6 Å². The molecule has 110 valence electrons. The van der Waals surface area contributed by atoms with Gasteiger partial charge in [-0.25, -0.2) is 4.98 Å². The number of aromatic nitrogens is 1. The number of amides is 1. The first-order chi connectivity index (χ1) is 9.75. The third-order valence-electron chi connectivity index (χ3n) is 3.76. The second-order valence-electron chi connectivity index (χ2n) is 5.16. The lowest BCUT2D eigenvalue weighted by Gasteiger charge is -2.26. The number of nitrogens with two attached hydrogens (primary N) is 1. The fourth-order valence-corrected chi connectivity index (χ4v) is 4.51. The van der Waals surface area contributed by atoms with Crippen LogP contribution in [0.3, 0.4) is 0 Å². The molecule has 2 saturated heterocycles. The van der Waals surface area contributed by atoms with Crippen LogP contribution in [0.15, 0.2) is 0 Å². The molecule has 0 aromatic carbocycles. The molecule has 0 atom stereocenters. The van der Waals surface area contributed by atoms with Gasteiger partial charge < -0.3 is 15.5 Å². The lowest BCUT2D eigenvalue weighted by molar-refractivity contribution is 0.0778. The van der Waals surface area contributed by atoms with Crippen LogP contribution in [0.25, 0.3) is 0 Å². The Morgan fingerprint density at radius 3 is 2.50 bits per heavy atom. The highest BCUT2D eigenvalue weighted by atomic mass is 32.2. The number of hydrogen-bond donors (Lipinski definition) is 1. The SMILES string of the molecule is Nc1nc(N2CCCCC2)sc1C(=O)N1CCSCC1. The van der Waals surface area contributed by atoms with Crippen LogP contribution in [-0.2, 0) is 0 Å². The maximum atomic E-state index is 12.5. The third kappa shape index (κ3) is 2.88. The van der Waals surface area contributed by atoms with Crippen molar-refractivity contribution in [3.63, 3.8) is 0 Å². The molecule has 0 bridgehead atoms. The molecule has 0 saturated carbocycles. The summed E-state index contributed by atoms with van der Waals surface area (Å²) >= 11 is 3.36. The number of carbonyl (C=O) groups excluding carboxylic acids is 1. The van der Waals surface area contributed by atoms with Crippen LogP contribution in [0.5, 0.6) is 0 Å². The zero-order valence-electron chi connectivity index (χ0n) is 11.5. The third-order valence-corrected chi connectivity index (χ3v) is 5.82. The van der Waals surface area contributed by atoms with E-state index in [-0.39, 0.29) is 5.91 Å². The Bertz CT molecular complexity index is 479. The van der Waals surface area contributed by atoms with Crippen LogP contribution < -0.4 is 10.6 Å². The van der Waals surface area contributed by atoms with Crippen LogP contribution in [0.2, 0.25) is 0 Å². The average Bonchev–Trinajstić information content (AvgIpc) is 2.90. The van der Waals surface area contributed by atoms with E-state index in [9.17, 15) is 4.79 Å². The quantitative estimate of drug-likeness (QED) is 0.904. The molecule has 2 aliphatic heterocycles. The second kappa shape index (κ2) is 6.22. The van der Waals surface area contributed by atoms with E-state index in [0.29, 0.717) is 10.7 Å². The number of thiazole rings is 1. The summed E-state index contributed by atoms with van der Waals surface area (Å²) in [6.45, 7) is 3.70. The van der Waals surface area contributed by atoms with E-state index in [1.54, 1.807) is 0 Å². The van der Waals surface area contributed by atoms with Crippen LogP contribution >= 0.6 is 23.1 Å². The molecule has 1 amide bonds. The Labute approximate surface area is 127 Å². The molecule has 2 N–H and O–H groups in total. The topological polar surface area (TPSA) is 62.5 Å². The van der Waals surface area contributed by atoms with Gasteiger partial charge in [0.05, 0.1) is 0 Å². The Hall–Kier alpha value is -0.950. The first-order valence-electron chi connectivity index (χ1n) is 7.14. The fourth-order valence-electron chi connectivity index (χ4n) is 2.60. The van der Waals surface area contributed by atoms with E-state index in [2.05, 4.69) is 9.88 Å². The summed E-state index contributed by atoms with van der Waals surface area (Å²) in [5.41, 5.74) is 5.98. The predicted molar refractivity (Wildman–Crippen MR) is 85.8 cm³/mol. The standard InChI is InChI=1S/C13H20N4OS2/c14-11-10(12(18)16-6-8-19-9-7-16)20-13(15-11)17-4-2-1-3-5-17/h1-9,14H2. The first-order valence-corrected chi connectivity index (χ1v) is 9.11. The van der Waals surface area contributed by atoms with Crippen molar-refractivity contribution in [1.82, 2.24) is 9.88 Å². The molecule has 5 nitrogen and oxygen atoms in total. The molecule has 3 heterocycles. The minimum Gasteiger partial charge on any atom is -0.382 e. The van der Waals surface area contributed by atoms with Crippen molar-refractivity contribution < 1.29 is 4.79 Å². The number of carbonyl (C=O) groups is 1. The molecule has 1 aromatic heterocycles. The molecule has 2 aliphatic rings. The molecular formula is C13H20N4OS2. The highest BCUT2D eigenvalue weighted by molar-refractivity contribution is 7.99. The van der Waals surface area contributed by atoms with Crippen LogP contribution in [0.4, 0.5) is 10.9 Å². The van der Waals surface area contributed by atoms with Crippen molar-refractivity contribution >= 4 is 40.0 Å². The van der Waals surface area contributed by atoms with Crippen molar-refractivity contribution in [1.29, 1.82) is 0 Å². The number of nitrogens with zero attached hydrogens (tertiary/aromatic N) is 3. The molecule has 3 rings (SSSR count). The van der Waals surface area contributed by atoms with Gasteiger partial charge in [0.25, 0.3) is 5.91 Å². The Kier molecular flexibility index (Phi) is 4.35. The Balaban J connectivity index is 1.75. The smallest absolute Gasteiger partial charge is 0.267 e. The number of thioether (sulfide) groups is 1. The number of nitrogen functional groups attached to an aromatic ring is 1. The van der Waals surface area contributed by atoms with Gasteiger partial charge in [-0.1, -0.05) is 11.3 Å². The van der Waals surface area contributed by atoms with E-state index >= 15 is 0 Å². The van der Waals surface area contributed by atoms with Gasteiger partial charge in [-0.2, -0.15) is 11.8 Å². The normalized spacial score (nSPS) is 20.2. The molecule has 7 heteroatoms. The van der Waals surface area contributed by atoms with Crippen molar-refractivity contribution in [2.75, 3.05) is 48.3 Å². The van der Waals surface area contributed by atoms with Crippen molar-refractivity contribution in [2.45, 2.75) is 19.3 Å². The van der Waals surface area contributed by atoms with Gasteiger partial charge in [-0.15, -0.1) is 0 Å². The fraction of sp³-hybridized carbons (Fsp3) is 0.692. The maximum absolute atomic E-state index is 12.5. The largest absolute Gasteiger partial charge is 0.382 e. The first kappa shape index (κ1) is 14.0. The lowest BCUT2D eigenvalue weighted by Crippen LogP contribution is -2.37. The summed E-state index contributed by atoms with van der Waals surface area (Å²) in [7, 11) is 0. The minimum atomic E-state index is 0.0589. The van der Waals surface area contributed by atoms with Crippen LogP contribution in [-0.4, -0.2) is 53.5 Å². The molecular weight excluding hydrogens is 292 g/mol. The molecule has 20 heavy (non-hydrogen) atoms. The van der Waals surface area contributed by atoms with Gasteiger partial charge in [0.2, 0.25) is 0 Å². The summed E-state index contributed by atoms with van der Waals surface area (Å²) in [6, 6.07) is 0. The van der Waals surface area contributed by atoms with E-state index in [0.717, 1.165) is 42.8 Å². The van der Waals surface area contributed by atoms with Crippen molar-refractivity contribution in [2.24, 2.45) is 0 Å². The zero-order valence-corrected chi connectivity index (χ0v) is 13.1. The van der Waals surface area contributed by atoms with Crippen molar-refractivity contribution in [3.05, 3.63) is 4.88 Å². The number of piperidine rings is 1. The predicted octanol–water partition coefficient (Wildman–Crippen LogP) is 1.90. The molecule has 0 radical (unpaired) electrons. The minimum absolute atomic E-state index is 0.0589. The van der Waals surface area contributed by atoms with Gasteiger partial charge >= 0.3 is 0 Å². The summed E-state index contributed by atoms with van der Waals surface area (Å²) < 4.78 is 0. The Morgan fingerprint density at radius 2 is 1.80 bits per heavy atom. The van der Waals surface area contributed by atoms with E-state index < -0.39 is 0 Å². The lowest BCUT2D eigenvalue weighted by atomic mass is 10.1. The number of rotatable bonds is 2. The van der Waals surface area contributed by atoms with Crippen LogP contribution in [0, 0.1) is 0 Å². The maximum Gasteiger partial charge on any atom is 0.267 e. The highest BCUT2D eigenvalue weighted by Crippen LogP contribution is 2.31. The summed E-state index contributed by atoms with van der Waals surface area (Å²) in [6.07, 6.45) is 3.69. The van der Waals surface area contributed by atoms with E-state index in [1.807, 2.05) is 16.7 Å². The van der Waals surface area contributed by atoms with E-state index in [4.69, 9.17) is 5.73 Å². The molecule has 2 fully saturated rings. The molecule has 0 aliphatic carbocycles.